The zero-order chi connectivity index (χ0) is 14.9. The van der Waals surface area contributed by atoms with Gasteiger partial charge in [0.25, 0.3) is 0 Å². The van der Waals surface area contributed by atoms with Crippen molar-refractivity contribution >= 4 is 18.3 Å². The van der Waals surface area contributed by atoms with Crippen molar-refractivity contribution in [3.8, 4) is 0 Å². The van der Waals surface area contributed by atoms with E-state index >= 15 is 0 Å². The first-order valence-corrected chi connectivity index (χ1v) is 7.61. The van der Waals surface area contributed by atoms with Gasteiger partial charge in [-0.1, -0.05) is 18.0 Å². The topological polar surface area (TPSA) is 103 Å². The van der Waals surface area contributed by atoms with Crippen molar-refractivity contribution in [2.75, 3.05) is 6.54 Å². The number of nitrogens with one attached hydrogen (secondary N) is 1. The van der Waals surface area contributed by atoms with Crippen LogP contribution in [-0.4, -0.2) is 34.8 Å². The summed E-state index contributed by atoms with van der Waals surface area (Å²) in [6, 6.07) is 0. The van der Waals surface area contributed by atoms with Crippen molar-refractivity contribution in [1.29, 1.82) is 0 Å². The highest BCUT2D eigenvalue weighted by Gasteiger charge is 2.43. The van der Waals surface area contributed by atoms with E-state index in [4.69, 9.17) is 15.0 Å². The van der Waals surface area contributed by atoms with Crippen LogP contribution < -0.4 is 11.1 Å². The van der Waals surface area contributed by atoms with E-state index in [1.54, 1.807) is 6.92 Å². The summed E-state index contributed by atoms with van der Waals surface area (Å²) in [7, 11) is 0. The lowest BCUT2D eigenvalue weighted by Gasteiger charge is -2.28. The minimum atomic E-state index is -0.501. The Bertz CT molecular complexity index is 516. The molecule has 0 aromatic carbocycles. The lowest BCUT2D eigenvalue weighted by molar-refractivity contribution is -0.134. The van der Waals surface area contributed by atoms with Gasteiger partial charge in [0.1, 0.15) is 11.6 Å². The third kappa shape index (κ3) is 3.26. The first-order chi connectivity index (χ1) is 10.1. The monoisotopic (exact) mass is 330 g/mol. The van der Waals surface area contributed by atoms with E-state index in [1.165, 1.54) is 0 Å². The summed E-state index contributed by atoms with van der Waals surface area (Å²) in [5.41, 5.74) is 5.09. The fourth-order valence-electron chi connectivity index (χ4n) is 3.26. The van der Waals surface area contributed by atoms with Gasteiger partial charge in [-0.25, -0.2) is 0 Å². The number of hydrogen-bond donors (Lipinski definition) is 2. The Morgan fingerprint density at radius 2 is 2.14 bits per heavy atom. The summed E-state index contributed by atoms with van der Waals surface area (Å²) < 4.78 is 10.8. The minimum absolute atomic E-state index is 0. The Morgan fingerprint density at radius 1 is 1.41 bits per heavy atom. The molecule has 1 amide bonds. The second-order valence-electron chi connectivity index (χ2n) is 5.98. The first kappa shape index (κ1) is 17.2. The van der Waals surface area contributed by atoms with E-state index in [2.05, 4.69) is 15.5 Å². The molecule has 3 rings (SSSR count). The molecule has 22 heavy (non-hydrogen) atoms. The number of halogens is 1. The lowest BCUT2D eigenvalue weighted by atomic mass is 9.96. The van der Waals surface area contributed by atoms with Crippen molar-refractivity contribution < 1.29 is 14.1 Å². The van der Waals surface area contributed by atoms with E-state index in [0.717, 1.165) is 38.5 Å². The molecule has 2 heterocycles. The van der Waals surface area contributed by atoms with Gasteiger partial charge in [-0.15, -0.1) is 12.4 Å². The van der Waals surface area contributed by atoms with Gasteiger partial charge in [-0.3, -0.25) is 4.79 Å². The number of nitrogens with zero attached hydrogens (tertiary/aromatic N) is 2. The molecule has 124 valence electrons. The summed E-state index contributed by atoms with van der Waals surface area (Å²) >= 11 is 0. The van der Waals surface area contributed by atoms with Gasteiger partial charge in [0, 0.05) is 13.5 Å². The maximum atomic E-state index is 12.5. The van der Waals surface area contributed by atoms with Crippen molar-refractivity contribution in [1.82, 2.24) is 15.5 Å². The van der Waals surface area contributed by atoms with Gasteiger partial charge in [0.05, 0.1) is 6.10 Å². The molecule has 0 radical (unpaired) electrons. The van der Waals surface area contributed by atoms with Crippen LogP contribution >= 0.6 is 12.4 Å². The SMILES string of the molecule is Cc1nc(C2(NC(=O)[C@@H]3CC[C@H](CN)O3)CCCC2)no1.Cl. The van der Waals surface area contributed by atoms with Gasteiger partial charge < -0.3 is 20.3 Å². The number of amides is 1. The van der Waals surface area contributed by atoms with E-state index in [-0.39, 0.29) is 24.4 Å². The van der Waals surface area contributed by atoms with Crippen LogP contribution in [0.25, 0.3) is 0 Å². The van der Waals surface area contributed by atoms with Crippen LogP contribution in [0.1, 0.15) is 50.2 Å². The molecule has 7 nitrogen and oxygen atoms in total. The van der Waals surface area contributed by atoms with E-state index in [0.29, 0.717) is 18.3 Å². The number of carbonyl (C=O) groups excluding carboxylic acids is 1. The number of ether oxygens (including phenoxy) is 1. The maximum Gasteiger partial charge on any atom is 0.249 e. The third-order valence-electron chi connectivity index (χ3n) is 4.44. The van der Waals surface area contributed by atoms with Crippen LogP contribution in [0.2, 0.25) is 0 Å². The highest BCUT2D eigenvalue weighted by molar-refractivity contribution is 5.85. The van der Waals surface area contributed by atoms with Crippen molar-refractivity contribution in [3.05, 3.63) is 11.7 Å². The van der Waals surface area contributed by atoms with Gasteiger partial charge >= 0.3 is 0 Å². The minimum Gasteiger partial charge on any atom is -0.364 e. The molecule has 2 aliphatic rings. The number of nitrogens with two attached hydrogens (primary N) is 1. The molecule has 1 aliphatic carbocycles. The second-order valence-corrected chi connectivity index (χ2v) is 5.98. The summed E-state index contributed by atoms with van der Waals surface area (Å²) in [4.78, 5) is 16.8. The van der Waals surface area contributed by atoms with Crippen LogP contribution in [-0.2, 0) is 15.1 Å². The average molecular weight is 331 g/mol. The number of rotatable bonds is 4. The van der Waals surface area contributed by atoms with Crippen LogP contribution in [0.4, 0.5) is 0 Å². The predicted octanol–water partition coefficient (Wildman–Crippen LogP) is 1.19. The van der Waals surface area contributed by atoms with Crippen LogP contribution in [0, 0.1) is 6.92 Å². The fourth-order valence-corrected chi connectivity index (χ4v) is 3.26. The Balaban J connectivity index is 0.00000176. The number of hydrogen-bond acceptors (Lipinski definition) is 6. The van der Waals surface area contributed by atoms with Crippen molar-refractivity contribution in [2.24, 2.45) is 5.73 Å². The van der Waals surface area contributed by atoms with Gasteiger partial charge in [0.15, 0.2) is 5.82 Å². The van der Waals surface area contributed by atoms with Gasteiger partial charge in [0.2, 0.25) is 11.8 Å². The highest BCUT2D eigenvalue weighted by atomic mass is 35.5. The summed E-state index contributed by atoms with van der Waals surface area (Å²) in [6.07, 6.45) is 4.90. The Morgan fingerprint density at radius 3 is 2.68 bits per heavy atom. The highest BCUT2D eigenvalue weighted by Crippen LogP contribution is 2.37. The zero-order valence-corrected chi connectivity index (χ0v) is 13.5. The van der Waals surface area contributed by atoms with Crippen LogP contribution in [0.15, 0.2) is 4.52 Å². The molecule has 1 aliphatic heterocycles. The third-order valence-corrected chi connectivity index (χ3v) is 4.44. The van der Waals surface area contributed by atoms with E-state index < -0.39 is 11.6 Å². The molecule has 2 atom stereocenters. The van der Waals surface area contributed by atoms with E-state index in [1.807, 2.05) is 0 Å². The van der Waals surface area contributed by atoms with Gasteiger partial charge in [-0.2, -0.15) is 4.98 Å². The molecule has 2 fully saturated rings. The number of carbonyl (C=O) groups is 1. The molecule has 8 heteroatoms. The molecule has 1 aromatic rings. The molecule has 1 saturated carbocycles. The molecular weight excluding hydrogens is 308 g/mol. The van der Waals surface area contributed by atoms with Crippen LogP contribution in [0.3, 0.4) is 0 Å². The summed E-state index contributed by atoms with van der Waals surface area (Å²) in [5, 5.41) is 7.14. The molecule has 3 N–H and O–H groups in total. The Hall–Kier alpha value is -1.18. The molecular formula is C14H23ClN4O3. The standard InChI is InChI=1S/C14H22N4O3.ClH/c1-9-16-13(18-21-9)14(6-2-3-7-14)17-12(19)11-5-4-10(8-15)20-11;/h10-11H,2-8,15H2,1H3,(H,17,19);1H/t10-,11+;/m1./s1. The van der Waals surface area contributed by atoms with Crippen LogP contribution in [0.5, 0.6) is 0 Å². The summed E-state index contributed by atoms with van der Waals surface area (Å²) in [5.74, 6) is 1.01. The number of aryl methyl sites for hydroxylation is 1. The predicted molar refractivity (Wildman–Crippen MR) is 81.5 cm³/mol. The van der Waals surface area contributed by atoms with Crippen molar-refractivity contribution in [2.45, 2.75) is 63.2 Å². The van der Waals surface area contributed by atoms with E-state index in [9.17, 15) is 4.79 Å². The first-order valence-electron chi connectivity index (χ1n) is 7.61. The fraction of sp³-hybridized carbons (Fsp3) is 0.786. The summed E-state index contributed by atoms with van der Waals surface area (Å²) in [6.45, 7) is 2.21. The quantitative estimate of drug-likeness (QED) is 0.859. The lowest BCUT2D eigenvalue weighted by Crippen LogP contribution is -2.48. The Labute approximate surface area is 135 Å². The maximum absolute atomic E-state index is 12.5. The molecule has 0 spiro atoms. The normalized spacial score (nSPS) is 26.6. The smallest absolute Gasteiger partial charge is 0.249 e. The van der Waals surface area contributed by atoms with Crippen molar-refractivity contribution in [3.63, 3.8) is 0 Å². The van der Waals surface area contributed by atoms with Gasteiger partial charge in [-0.05, 0) is 25.7 Å². The molecule has 1 saturated heterocycles. The molecule has 0 bridgehead atoms. The molecule has 1 aromatic heterocycles. The Kier molecular flexibility index (Phi) is 5.41. The molecule has 0 unspecified atom stereocenters. The zero-order valence-electron chi connectivity index (χ0n) is 12.7. The average Bonchev–Trinajstić information content (AvgIpc) is 3.18. The largest absolute Gasteiger partial charge is 0.364 e. The number of aromatic nitrogens is 2. The second kappa shape index (κ2) is 6.93.